The largest absolute Gasteiger partial charge is 0.462 e. The first-order valence-corrected chi connectivity index (χ1v) is 7.85. The number of fused-ring (bicyclic) bond motifs is 1. The molecule has 0 N–H and O–H groups in total. The molecule has 24 heavy (non-hydrogen) atoms. The number of benzene rings is 1. The molecule has 6 heteroatoms. The van der Waals surface area contributed by atoms with Crippen molar-refractivity contribution in [1.82, 2.24) is 4.98 Å². The highest BCUT2D eigenvalue weighted by atomic mass is 35.5. The van der Waals surface area contributed by atoms with E-state index in [1.54, 1.807) is 18.2 Å². The number of rotatable bonds is 3. The Morgan fingerprint density at radius 2 is 2.12 bits per heavy atom. The number of cyclic esters (lactones) is 1. The van der Waals surface area contributed by atoms with E-state index in [0.717, 1.165) is 10.9 Å². The molecule has 0 spiro atoms. The third kappa shape index (κ3) is 3.41. The van der Waals surface area contributed by atoms with Crippen molar-refractivity contribution in [1.29, 1.82) is 0 Å². The molecule has 124 valence electrons. The van der Waals surface area contributed by atoms with Crippen molar-refractivity contribution in [2.24, 2.45) is 5.41 Å². The Balaban J connectivity index is 1.73. The molecule has 2 heterocycles. The number of hydrogen-bond donors (Lipinski definition) is 0. The molecule has 0 radical (unpaired) electrons. The number of esters is 2. The number of pyridine rings is 1. The topological polar surface area (TPSA) is 65.5 Å². The summed E-state index contributed by atoms with van der Waals surface area (Å²) < 4.78 is 10.2. The molecule has 0 bridgehead atoms. The second-order valence-corrected chi connectivity index (χ2v) is 6.76. The van der Waals surface area contributed by atoms with Gasteiger partial charge in [0.15, 0.2) is 0 Å². The van der Waals surface area contributed by atoms with Crippen LogP contribution in [0.25, 0.3) is 17.0 Å². The molecular formula is C18H16ClNO4. The van der Waals surface area contributed by atoms with Crippen LogP contribution in [0.3, 0.4) is 0 Å². The van der Waals surface area contributed by atoms with Gasteiger partial charge in [-0.05, 0) is 24.3 Å². The first-order valence-electron chi connectivity index (χ1n) is 7.47. The lowest BCUT2D eigenvalue weighted by Crippen LogP contribution is -2.34. The smallest absolute Gasteiger partial charge is 0.348 e. The lowest BCUT2D eigenvalue weighted by Gasteiger charge is -2.20. The van der Waals surface area contributed by atoms with Crippen LogP contribution in [-0.4, -0.2) is 29.6 Å². The predicted octanol–water partition coefficient (Wildman–Crippen LogP) is 3.40. The molecule has 1 fully saturated rings. The first kappa shape index (κ1) is 16.5. The quantitative estimate of drug-likeness (QED) is 0.630. The molecule has 2 aromatic rings. The normalized spacial score (nSPS) is 19.6. The van der Waals surface area contributed by atoms with Gasteiger partial charge in [-0.15, -0.1) is 0 Å². The van der Waals surface area contributed by atoms with Crippen molar-refractivity contribution >= 4 is 40.5 Å². The lowest BCUT2D eigenvalue weighted by atomic mass is 9.90. The van der Waals surface area contributed by atoms with E-state index in [1.165, 1.54) is 12.2 Å². The monoisotopic (exact) mass is 345 g/mol. The Morgan fingerprint density at radius 1 is 1.38 bits per heavy atom. The summed E-state index contributed by atoms with van der Waals surface area (Å²) in [6, 6.07) is 9.10. The average Bonchev–Trinajstić information content (AvgIpc) is 2.79. The van der Waals surface area contributed by atoms with Crippen molar-refractivity contribution < 1.29 is 19.1 Å². The van der Waals surface area contributed by atoms with Crippen LogP contribution < -0.4 is 0 Å². The molecule has 1 aromatic carbocycles. The minimum atomic E-state index is -0.891. The van der Waals surface area contributed by atoms with Gasteiger partial charge in [0, 0.05) is 21.9 Å². The minimum absolute atomic E-state index is 0.237. The maximum absolute atomic E-state index is 12.0. The van der Waals surface area contributed by atoms with Crippen LogP contribution in [-0.2, 0) is 19.1 Å². The summed E-state index contributed by atoms with van der Waals surface area (Å²) in [5.74, 6) is -1.12. The van der Waals surface area contributed by atoms with Gasteiger partial charge in [-0.2, -0.15) is 0 Å². The van der Waals surface area contributed by atoms with E-state index < -0.39 is 23.5 Å². The van der Waals surface area contributed by atoms with Gasteiger partial charge in [-0.3, -0.25) is 0 Å². The Labute approximate surface area is 144 Å². The Morgan fingerprint density at radius 3 is 2.83 bits per heavy atom. The van der Waals surface area contributed by atoms with Gasteiger partial charge >= 0.3 is 11.9 Å². The molecule has 0 unspecified atom stereocenters. The van der Waals surface area contributed by atoms with Crippen LogP contribution >= 0.6 is 11.6 Å². The van der Waals surface area contributed by atoms with Gasteiger partial charge in [0.2, 0.25) is 6.10 Å². The second kappa shape index (κ2) is 6.24. The maximum Gasteiger partial charge on any atom is 0.348 e. The van der Waals surface area contributed by atoms with E-state index >= 15 is 0 Å². The Bertz CT molecular complexity index is 844. The van der Waals surface area contributed by atoms with E-state index in [4.69, 9.17) is 21.1 Å². The number of aromatic nitrogens is 1. The van der Waals surface area contributed by atoms with Gasteiger partial charge in [0.1, 0.15) is 6.61 Å². The van der Waals surface area contributed by atoms with Gasteiger partial charge < -0.3 is 9.47 Å². The molecule has 3 rings (SSSR count). The minimum Gasteiger partial charge on any atom is -0.462 e. The number of ether oxygens (including phenoxy) is 2. The maximum atomic E-state index is 12.0. The average molecular weight is 346 g/mol. The number of nitrogens with zero attached hydrogens (tertiary/aromatic N) is 1. The standard InChI is InChI=1S/C18H16ClNO4/c1-18(2)10-23-17(22)16(18)24-15(21)8-7-13-6-4-11-3-5-12(19)9-14(11)20-13/h3-9,16H,10H2,1-2H3/b8-7+/t16-/m0/s1. The van der Waals surface area contributed by atoms with Crippen molar-refractivity contribution in [3.05, 3.63) is 47.1 Å². The zero-order valence-electron chi connectivity index (χ0n) is 13.3. The molecule has 5 nitrogen and oxygen atoms in total. The number of halogens is 1. The van der Waals surface area contributed by atoms with Crippen molar-refractivity contribution in [3.63, 3.8) is 0 Å². The van der Waals surface area contributed by atoms with Crippen LogP contribution in [0.1, 0.15) is 19.5 Å². The van der Waals surface area contributed by atoms with E-state index in [-0.39, 0.29) is 6.61 Å². The van der Waals surface area contributed by atoms with E-state index in [2.05, 4.69) is 4.98 Å². The molecule has 1 aliphatic rings. The van der Waals surface area contributed by atoms with Crippen LogP contribution in [0, 0.1) is 5.41 Å². The Hall–Kier alpha value is -2.40. The summed E-state index contributed by atoms with van der Waals surface area (Å²) in [6.45, 7) is 3.86. The molecule has 1 saturated heterocycles. The zero-order valence-corrected chi connectivity index (χ0v) is 14.0. The van der Waals surface area contributed by atoms with Crippen LogP contribution in [0.5, 0.6) is 0 Å². The summed E-state index contributed by atoms with van der Waals surface area (Å²) in [7, 11) is 0. The van der Waals surface area contributed by atoms with E-state index in [0.29, 0.717) is 10.7 Å². The summed E-state index contributed by atoms with van der Waals surface area (Å²) in [4.78, 5) is 28.0. The number of carbonyl (C=O) groups excluding carboxylic acids is 2. The number of hydrogen-bond acceptors (Lipinski definition) is 5. The lowest BCUT2D eigenvalue weighted by molar-refractivity contribution is -0.159. The fourth-order valence-electron chi connectivity index (χ4n) is 2.44. The summed E-state index contributed by atoms with van der Waals surface area (Å²) in [6.07, 6.45) is 1.90. The molecule has 1 aliphatic heterocycles. The fourth-order valence-corrected chi connectivity index (χ4v) is 2.61. The van der Waals surface area contributed by atoms with Crippen LogP contribution in [0.4, 0.5) is 0 Å². The van der Waals surface area contributed by atoms with Gasteiger partial charge in [-0.25, -0.2) is 14.6 Å². The predicted molar refractivity (Wildman–Crippen MR) is 90.4 cm³/mol. The van der Waals surface area contributed by atoms with Crippen LogP contribution in [0.2, 0.25) is 5.02 Å². The zero-order chi connectivity index (χ0) is 17.3. The molecule has 1 atom stereocenters. The third-order valence-electron chi connectivity index (χ3n) is 3.81. The Kier molecular flexibility index (Phi) is 4.28. The van der Waals surface area contributed by atoms with E-state index in [1.807, 2.05) is 26.0 Å². The van der Waals surface area contributed by atoms with Gasteiger partial charge in [0.25, 0.3) is 0 Å². The third-order valence-corrected chi connectivity index (χ3v) is 4.05. The molecule has 0 saturated carbocycles. The molecule has 0 amide bonds. The fraction of sp³-hybridized carbons (Fsp3) is 0.278. The van der Waals surface area contributed by atoms with Gasteiger partial charge in [-0.1, -0.05) is 37.6 Å². The molecular weight excluding hydrogens is 330 g/mol. The summed E-state index contributed by atoms with van der Waals surface area (Å²) in [5, 5.41) is 1.55. The SMILES string of the molecule is CC1(C)COC(=O)[C@@H]1OC(=O)/C=C/c1ccc2ccc(Cl)cc2n1. The highest BCUT2D eigenvalue weighted by Crippen LogP contribution is 2.31. The second-order valence-electron chi connectivity index (χ2n) is 6.32. The van der Waals surface area contributed by atoms with Crippen molar-refractivity contribution in [2.45, 2.75) is 20.0 Å². The first-order chi connectivity index (χ1) is 11.3. The summed E-state index contributed by atoms with van der Waals surface area (Å²) >= 11 is 5.96. The highest BCUT2D eigenvalue weighted by molar-refractivity contribution is 6.31. The molecule has 1 aromatic heterocycles. The summed E-state index contributed by atoms with van der Waals surface area (Å²) in [5.41, 5.74) is 0.798. The van der Waals surface area contributed by atoms with E-state index in [9.17, 15) is 9.59 Å². The van der Waals surface area contributed by atoms with Crippen molar-refractivity contribution in [2.75, 3.05) is 6.61 Å². The van der Waals surface area contributed by atoms with Crippen LogP contribution in [0.15, 0.2) is 36.4 Å². The number of carbonyl (C=O) groups is 2. The highest BCUT2D eigenvalue weighted by Gasteiger charge is 2.46. The van der Waals surface area contributed by atoms with Gasteiger partial charge in [0.05, 0.1) is 11.2 Å². The van der Waals surface area contributed by atoms with Crippen molar-refractivity contribution in [3.8, 4) is 0 Å². The molecule has 0 aliphatic carbocycles.